The third-order valence-corrected chi connectivity index (χ3v) is 6.34. The summed E-state index contributed by atoms with van der Waals surface area (Å²) in [6, 6.07) is 26.0. The van der Waals surface area contributed by atoms with Crippen molar-refractivity contribution in [2.75, 3.05) is 0 Å². The van der Waals surface area contributed by atoms with Gasteiger partial charge in [-0.25, -0.2) is 13.7 Å². The van der Waals surface area contributed by atoms with E-state index in [1.165, 1.54) is 33.8 Å². The van der Waals surface area contributed by atoms with Crippen molar-refractivity contribution in [3.05, 3.63) is 114 Å². The van der Waals surface area contributed by atoms with Crippen LogP contribution >= 0.6 is 0 Å². The van der Waals surface area contributed by atoms with Crippen molar-refractivity contribution in [2.45, 2.75) is 19.3 Å². The van der Waals surface area contributed by atoms with Gasteiger partial charge in [-0.3, -0.25) is 0 Å². The van der Waals surface area contributed by atoms with Crippen LogP contribution in [-0.2, 0) is 26.6 Å². The molecule has 4 rings (SSSR count). The van der Waals surface area contributed by atoms with Crippen LogP contribution in [0.25, 0.3) is 11.3 Å². The quantitative estimate of drug-likeness (QED) is 0.468. The highest BCUT2D eigenvalue weighted by molar-refractivity contribution is 5.65. The van der Waals surface area contributed by atoms with E-state index in [-0.39, 0.29) is 5.41 Å². The van der Waals surface area contributed by atoms with Gasteiger partial charge < -0.3 is 0 Å². The number of pyridine rings is 3. The normalized spacial score (nSPS) is 11.5. The fourth-order valence-corrected chi connectivity index (χ4v) is 4.75. The number of rotatable bonds is 4. The van der Waals surface area contributed by atoms with Crippen LogP contribution in [0.3, 0.4) is 0 Å². The second kappa shape index (κ2) is 7.83. The third kappa shape index (κ3) is 3.21. The van der Waals surface area contributed by atoms with Crippen molar-refractivity contribution in [2.24, 2.45) is 21.1 Å². The molecule has 30 heavy (non-hydrogen) atoms. The molecule has 0 radical (unpaired) electrons. The van der Waals surface area contributed by atoms with Gasteiger partial charge in [0.15, 0.2) is 24.0 Å². The highest BCUT2D eigenvalue weighted by Gasteiger charge is 2.45. The largest absolute Gasteiger partial charge is 0.212 e. The van der Waals surface area contributed by atoms with Gasteiger partial charge in [0.1, 0.15) is 21.1 Å². The molecule has 3 aromatic heterocycles. The van der Waals surface area contributed by atoms with Crippen molar-refractivity contribution in [1.29, 1.82) is 0 Å². The van der Waals surface area contributed by atoms with Gasteiger partial charge in [-0.15, -0.1) is 0 Å². The maximum atomic E-state index is 2.34. The molecule has 0 unspecified atom stereocenters. The molecule has 3 heterocycles. The summed E-state index contributed by atoms with van der Waals surface area (Å²) in [7, 11) is 6.37. The van der Waals surface area contributed by atoms with Crippen LogP contribution in [-0.4, -0.2) is 0 Å². The second-order valence-corrected chi connectivity index (χ2v) is 8.19. The molecule has 0 amide bonds. The minimum atomic E-state index is -0.320. The van der Waals surface area contributed by atoms with Crippen LogP contribution in [0, 0.1) is 6.92 Å². The third-order valence-electron chi connectivity index (χ3n) is 6.34. The van der Waals surface area contributed by atoms with Crippen LogP contribution in [0.4, 0.5) is 0 Å². The first-order valence-corrected chi connectivity index (χ1v) is 10.4. The molecule has 0 atom stereocenters. The fourth-order valence-electron chi connectivity index (χ4n) is 4.75. The monoisotopic (exact) mass is 396 g/mol. The summed E-state index contributed by atoms with van der Waals surface area (Å²) in [5.74, 6) is 0. The average molecular weight is 397 g/mol. The van der Waals surface area contributed by atoms with Crippen molar-refractivity contribution >= 4 is 0 Å². The van der Waals surface area contributed by atoms with Crippen molar-refractivity contribution in [3.8, 4) is 11.3 Å². The Labute approximate surface area is 179 Å². The molecular formula is C27H30N3+3. The molecule has 0 saturated carbocycles. The van der Waals surface area contributed by atoms with Crippen molar-refractivity contribution in [1.82, 2.24) is 0 Å². The lowest BCUT2D eigenvalue weighted by Crippen LogP contribution is -2.49. The number of nitrogens with zero attached hydrogens (tertiary/aromatic N) is 3. The van der Waals surface area contributed by atoms with Gasteiger partial charge in [-0.2, -0.15) is 0 Å². The summed E-state index contributed by atoms with van der Waals surface area (Å²) in [4.78, 5) is 0. The highest BCUT2D eigenvalue weighted by Crippen LogP contribution is 2.39. The van der Waals surface area contributed by atoms with Crippen LogP contribution < -0.4 is 13.7 Å². The molecule has 0 spiro atoms. The van der Waals surface area contributed by atoms with Crippen LogP contribution in [0.2, 0.25) is 0 Å². The predicted molar refractivity (Wildman–Crippen MR) is 119 cm³/mol. The van der Waals surface area contributed by atoms with Gasteiger partial charge in [-0.05, 0) is 37.1 Å². The Bertz CT molecular complexity index is 1160. The maximum absolute atomic E-state index is 2.34. The Morgan fingerprint density at radius 3 is 1.67 bits per heavy atom. The van der Waals surface area contributed by atoms with Crippen LogP contribution in [0.1, 0.15) is 29.4 Å². The Morgan fingerprint density at radius 1 is 0.600 bits per heavy atom. The lowest BCUT2D eigenvalue weighted by Gasteiger charge is -2.27. The van der Waals surface area contributed by atoms with E-state index in [1.807, 2.05) is 0 Å². The molecule has 4 aromatic rings. The SMILES string of the molecule is Cc1c(-c2cccc[n+]2C)cccc1C(C)(c1cccc[n+]1C)c1cccc[n+]1C. The summed E-state index contributed by atoms with van der Waals surface area (Å²) >= 11 is 0. The molecule has 150 valence electrons. The number of hydrogen-bond donors (Lipinski definition) is 0. The van der Waals surface area contributed by atoms with Gasteiger partial charge in [0.05, 0.1) is 0 Å². The van der Waals surface area contributed by atoms with E-state index in [0.717, 1.165) is 0 Å². The van der Waals surface area contributed by atoms with E-state index in [1.54, 1.807) is 0 Å². The van der Waals surface area contributed by atoms with E-state index in [9.17, 15) is 0 Å². The minimum Gasteiger partial charge on any atom is -0.204 e. The molecular weight excluding hydrogens is 366 g/mol. The summed E-state index contributed by atoms with van der Waals surface area (Å²) in [6.45, 7) is 4.59. The first-order valence-electron chi connectivity index (χ1n) is 10.4. The number of hydrogen-bond acceptors (Lipinski definition) is 0. The smallest absolute Gasteiger partial charge is 0.204 e. The minimum absolute atomic E-state index is 0.320. The zero-order chi connectivity index (χ0) is 21.3. The molecule has 0 aliphatic rings. The average Bonchev–Trinajstić information content (AvgIpc) is 2.75. The Morgan fingerprint density at radius 2 is 1.13 bits per heavy atom. The first-order chi connectivity index (χ1) is 14.4. The first kappa shape index (κ1) is 20.0. The molecule has 1 aromatic carbocycles. The molecule has 3 nitrogen and oxygen atoms in total. The standard InChI is InChI=1S/C27H30N3/c1-21-22(24-15-6-9-18-28(24)3)13-12-14-23(21)27(2,25-16-7-10-19-29(25)4)26-17-8-11-20-30(26)5/h6-20H,1-5H3/q+3. The number of aromatic nitrogens is 3. The lowest BCUT2D eigenvalue weighted by molar-refractivity contribution is -0.696. The van der Waals surface area contributed by atoms with E-state index in [0.29, 0.717) is 0 Å². The summed E-state index contributed by atoms with van der Waals surface area (Å²) in [6.07, 6.45) is 6.37. The molecule has 0 aliphatic carbocycles. The van der Waals surface area contributed by atoms with Crippen LogP contribution in [0.15, 0.2) is 91.4 Å². The fraction of sp³-hybridized carbons (Fsp3) is 0.222. The molecule has 0 fully saturated rings. The molecule has 0 N–H and O–H groups in total. The van der Waals surface area contributed by atoms with Gasteiger partial charge in [-0.1, -0.05) is 24.3 Å². The highest BCUT2D eigenvalue weighted by atomic mass is 15.0. The van der Waals surface area contributed by atoms with E-state index in [4.69, 9.17) is 0 Å². The summed E-state index contributed by atoms with van der Waals surface area (Å²) in [5.41, 5.74) is 7.28. The molecule has 3 heteroatoms. The summed E-state index contributed by atoms with van der Waals surface area (Å²) < 4.78 is 6.66. The topological polar surface area (TPSA) is 11.6 Å². The lowest BCUT2D eigenvalue weighted by atomic mass is 9.72. The zero-order valence-electron chi connectivity index (χ0n) is 18.5. The van der Waals surface area contributed by atoms with Gasteiger partial charge in [0.25, 0.3) is 0 Å². The summed E-state index contributed by atoms with van der Waals surface area (Å²) in [5, 5.41) is 0. The van der Waals surface area contributed by atoms with Gasteiger partial charge in [0.2, 0.25) is 17.1 Å². The predicted octanol–water partition coefficient (Wildman–Crippen LogP) is 3.49. The van der Waals surface area contributed by atoms with E-state index >= 15 is 0 Å². The maximum Gasteiger partial charge on any atom is 0.212 e. The second-order valence-electron chi connectivity index (χ2n) is 8.19. The van der Waals surface area contributed by atoms with Gasteiger partial charge in [0, 0.05) is 42.0 Å². The van der Waals surface area contributed by atoms with Crippen molar-refractivity contribution in [3.63, 3.8) is 0 Å². The van der Waals surface area contributed by atoms with Gasteiger partial charge >= 0.3 is 0 Å². The molecule has 0 saturated heterocycles. The Kier molecular flexibility index (Phi) is 5.21. The number of benzene rings is 1. The molecule has 0 aliphatic heterocycles. The molecule has 0 bridgehead atoms. The van der Waals surface area contributed by atoms with Crippen molar-refractivity contribution < 1.29 is 13.7 Å². The van der Waals surface area contributed by atoms with E-state index in [2.05, 4.69) is 140 Å². The number of aryl methyl sites for hydroxylation is 3. The van der Waals surface area contributed by atoms with Crippen LogP contribution in [0.5, 0.6) is 0 Å². The van der Waals surface area contributed by atoms with E-state index < -0.39 is 0 Å². The Hall–Kier alpha value is -3.33. The Balaban J connectivity index is 2.05. The zero-order valence-corrected chi connectivity index (χ0v) is 18.5.